The number of alkyl halides is 3. The largest absolute Gasteiger partial charge is 0.435 e. The van der Waals surface area contributed by atoms with E-state index in [2.05, 4.69) is 5.10 Å². The van der Waals surface area contributed by atoms with Crippen LogP contribution in [0, 0.1) is 5.82 Å². The topological polar surface area (TPSA) is 43.8 Å². The van der Waals surface area contributed by atoms with Gasteiger partial charge in [-0.3, -0.25) is 0 Å². The Balaban J connectivity index is 2.40. The molecule has 2 aromatic rings. The first-order chi connectivity index (χ1) is 8.41. The van der Waals surface area contributed by atoms with Gasteiger partial charge in [-0.15, -0.1) is 0 Å². The second-order valence-corrected chi connectivity index (χ2v) is 3.63. The molecule has 1 heterocycles. The van der Waals surface area contributed by atoms with Crippen molar-refractivity contribution in [1.29, 1.82) is 0 Å². The van der Waals surface area contributed by atoms with Gasteiger partial charge in [-0.05, 0) is 23.8 Å². The fourth-order valence-corrected chi connectivity index (χ4v) is 1.47. The van der Waals surface area contributed by atoms with Crippen LogP contribution in [-0.2, 0) is 12.7 Å². The van der Waals surface area contributed by atoms with Crippen molar-refractivity contribution in [2.75, 3.05) is 0 Å². The van der Waals surface area contributed by atoms with Gasteiger partial charge in [0.15, 0.2) is 5.69 Å². The predicted molar refractivity (Wildman–Crippen MR) is 56.4 cm³/mol. The van der Waals surface area contributed by atoms with Crippen molar-refractivity contribution in [3.05, 3.63) is 47.5 Å². The second kappa shape index (κ2) is 4.41. The molecule has 0 unspecified atom stereocenters. The Bertz CT molecular complexity index is 560. The summed E-state index contributed by atoms with van der Waals surface area (Å²) < 4.78 is 51.5. The highest BCUT2D eigenvalue weighted by molar-refractivity contribution is 5.36. The number of benzene rings is 1. The maximum absolute atomic E-state index is 13.6. The molecule has 1 aromatic heterocycles. The Kier molecular flexibility index (Phi) is 3.08. The van der Waals surface area contributed by atoms with Crippen molar-refractivity contribution in [2.45, 2.75) is 12.7 Å². The van der Waals surface area contributed by atoms with Crippen molar-refractivity contribution in [3.8, 4) is 5.69 Å². The molecule has 0 aliphatic heterocycles. The molecule has 0 bridgehead atoms. The van der Waals surface area contributed by atoms with E-state index in [-0.39, 0.29) is 12.2 Å². The normalized spacial score (nSPS) is 11.8. The van der Waals surface area contributed by atoms with E-state index in [4.69, 9.17) is 5.73 Å². The van der Waals surface area contributed by atoms with Gasteiger partial charge in [0, 0.05) is 12.7 Å². The summed E-state index contributed by atoms with van der Waals surface area (Å²) in [5, 5.41) is 3.29. The molecule has 0 atom stereocenters. The summed E-state index contributed by atoms with van der Waals surface area (Å²) in [5.74, 6) is -0.672. The van der Waals surface area contributed by atoms with E-state index in [9.17, 15) is 17.6 Å². The summed E-state index contributed by atoms with van der Waals surface area (Å²) in [6, 6.07) is 4.83. The molecule has 0 saturated heterocycles. The third kappa shape index (κ3) is 2.35. The number of halogens is 4. The van der Waals surface area contributed by atoms with Crippen molar-refractivity contribution < 1.29 is 17.6 Å². The van der Waals surface area contributed by atoms with Gasteiger partial charge in [0.2, 0.25) is 0 Å². The van der Waals surface area contributed by atoms with Crippen molar-refractivity contribution in [1.82, 2.24) is 9.78 Å². The highest BCUT2D eigenvalue weighted by Gasteiger charge is 2.33. The van der Waals surface area contributed by atoms with Crippen LogP contribution in [-0.4, -0.2) is 9.78 Å². The molecule has 18 heavy (non-hydrogen) atoms. The van der Waals surface area contributed by atoms with Crippen molar-refractivity contribution in [2.24, 2.45) is 5.73 Å². The van der Waals surface area contributed by atoms with Crippen molar-refractivity contribution >= 4 is 0 Å². The van der Waals surface area contributed by atoms with Crippen LogP contribution in [0.2, 0.25) is 0 Å². The molecule has 7 heteroatoms. The van der Waals surface area contributed by atoms with Crippen LogP contribution in [0.25, 0.3) is 5.69 Å². The maximum atomic E-state index is 13.6. The SMILES string of the molecule is NCc1ccc(-n2ccc(C(F)(F)F)n2)c(F)c1. The lowest BCUT2D eigenvalue weighted by Crippen LogP contribution is -2.08. The monoisotopic (exact) mass is 259 g/mol. The van der Waals surface area contributed by atoms with Crippen LogP contribution in [0.4, 0.5) is 17.6 Å². The van der Waals surface area contributed by atoms with Gasteiger partial charge in [0.1, 0.15) is 11.5 Å². The predicted octanol–water partition coefficient (Wildman–Crippen LogP) is 2.49. The molecule has 0 aliphatic rings. The summed E-state index contributed by atoms with van der Waals surface area (Å²) in [5.41, 5.74) is 4.77. The summed E-state index contributed by atoms with van der Waals surface area (Å²) >= 11 is 0. The van der Waals surface area contributed by atoms with Gasteiger partial charge in [-0.2, -0.15) is 18.3 Å². The summed E-state index contributed by atoms with van der Waals surface area (Å²) in [6.07, 6.45) is -3.48. The molecule has 0 spiro atoms. The average Bonchev–Trinajstić information content (AvgIpc) is 2.77. The van der Waals surface area contributed by atoms with E-state index in [1.54, 1.807) is 0 Å². The van der Waals surface area contributed by atoms with Crippen LogP contribution >= 0.6 is 0 Å². The minimum absolute atomic E-state index is 0.0531. The van der Waals surface area contributed by atoms with Crippen LogP contribution in [0.3, 0.4) is 0 Å². The van der Waals surface area contributed by atoms with Gasteiger partial charge < -0.3 is 5.73 Å². The first-order valence-corrected chi connectivity index (χ1v) is 5.03. The molecule has 0 amide bonds. The minimum Gasteiger partial charge on any atom is -0.326 e. The first-order valence-electron chi connectivity index (χ1n) is 5.03. The number of nitrogens with two attached hydrogens (primary N) is 1. The van der Waals surface area contributed by atoms with E-state index in [0.717, 1.165) is 16.9 Å². The molecule has 0 saturated carbocycles. The lowest BCUT2D eigenvalue weighted by molar-refractivity contribution is -0.141. The molecule has 0 aliphatic carbocycles. The number of aromatic nitrogens is 2. The van der Waals surface area contributed by atoms with E-state index in [1.165, 1.54) is 18.2 Å². The molecular formula is C11H9F4N3. The van der Waals surface area contributed by atoms with Gasteiger partial charge in [-0.1, -0.05) is 6.07 Å². The summed E-state index contributed by atoms with van der Waals surface area (Å²) in [4.78, 5) is 0. The van der Waals surface area contributed by atoms with Gasteiger partial charge in [-0.25, -0.2) is 9.07 Å². The number of rotatable bonds is 2. The lowest BCUT2D eigenvalue weighted by Gasteiger charge is -2.05. The van der Waals surface area contributed by atoms with E-state index < -0.39 is 17.7 Å². The molecule has 3 nitrogen and oxygen atoms in total. The summed E-state index contributed by atoms with van der Waals surface area (Å²) in [6.45, 7) is 0.157. The number of nitrogens with zero attached hydrogens (tertiary/aromatic N) is 2. The zero-order chi connectivity index (χ0) is 13.3. The smallest absolute Gasteiger partial charge is 0.326 e. The fourth-order valence-electron chi connectivity index (χ4n) is 1.47. The first kappa shape index (κ1) is 12.6. The number of hydrogen-bond donors (Lipinski definition) is 1. The molecule has 0 radical (unpaired) electrons. The molecule has 2 rings (SSSR count). The molecule has 2 N–H and O–H groups in total. The average molecular weight is 259 g/mol. The Hall–Kier alpha value is -1.89. The Morgan fingerprint density at radius 1 is 1.22 bits per heavy atom. The van der Waals surface area contributed by atoms with Gasteiger partial charge in [0.05, 0.1) is 0 Å². The standard InChI is InChI=1S/C11H9F4N3/c12-8-5-7(6-16)1-2-9(8)18-4-3-10(17-18)11(13,14)15/h1-5H,6,16H2. The fraction of sp³-hybridized carbons (Fsp3) is 0.182. The minimum atomic E-state index is -4.54. The second-order valence-electron chi connectivity index (χ2n) is 3.63. The van der Waals surface area contributed by atoms with E-state index >= 15 is 0 Å². The molecule has 1 aromatic carbocycles. The Morgan fingerprint density at radius 3 is 2.44 bits per heavy atom. The van der Waals surface area contributed by atoms with Crippen LogP contribution in [0.5, 0.6) is 0 Å². The summed E-state index contributed by atoms with van der Waals surface area (Å²) in [7, 11) is 0. The highest BCUT2D eigenvalue weighted by Crippen LogP contribution is 2.28. The van der Waals surface area contributed by atoms with E-state index in [0.29, 0.717) is 5.56 Å². The maximum Gasteiger partial charge on any atom is 0.435 e. The Morgan fingerprint density at radius 2 is 1.94 bits per heavy atom. The molecule has 96 valence electrons. The zero-order valence-electron chi connectivity index (χ0n) is 9.08. The van der Waals surface area contributed by atoms with Crippen LogP contribution in [0.15, 0.2) is 30.5 Å². The third-order valence-electron chi connectivity index (χ3n) is 2.37. The van der Waals surface area contributed by atoms with Crippen LogP contribution in [0.1, 0.15) is 11.3 Å². The quantitative estimate of drug-likeness (QED) is 0.842. The Labute approximate surface area is 99.8 Å². The van der Waals surface area contributed by atoms with E-state index in [1.807, 2.05) is 0 Å². The highest BCUT2D eigenvalue weighted by atomic mass is 19.4. The van der Waals surface area contributed by atoms with Crippen LogP contribution < -0.4 is 5.73 Å². The molecular weight excluding hydrogens is 250 g/mol. The third-order valence-corrected chi connectivity index (χ3v) is 2.37. The zero-order valence-corrected chi connectivity index (χ0v) is 9.08. The van der Waals surface area contributed by atoms with Crippen molar-refractivity contribution in [3.63, 3.8) is 0 Å². The molecule has 0 fully saturated rings. The van der Waals surface area contributed by atoms with Gasteiger partial charge in [0.25, 0.3) is 0 Å². The lowest BCUT2D eigenvalue weighted by atomic mass is 10.2. The van der Waals surface area contributed by atoms with Gasteiger partial charge >= 0.3 is 6.18 Å². The number of hydrogen-bond acceptors (Lipinski definition) is 2.